The van der Waals surface area contributed by atoms with Gasteiger partial charge in [-0.25, -0.2) is 9.59 Å². The van der Waals surface area contributed by atoms with Crippen LogP contribution in [0, 0.1) is 6.92 Å². The Balaban J connectivity index is 1.77. The smallest absolute Gasteiger partial charge is 0.338 e. The van der Waals surface area contributed by atoms with E-state index in [1.807, 2.05) is 18.2 Å². The molecule has 0 atom stereocenters. The number of hydrogen-bond acceptors (Lipinski definition) is 8. The molecular formula is C25H30N2O7. The minimum Gasteiger partial charge on any atom is -0.493 e. The van der Waals surface area contributed by atoms with Crippen LogP contribution in [0.1, 0.15) is 42.2 Å². The van der Waals surface area contributed by atoms with E-state index in [4.69, 9.17) is 18.9 Å². The fourth-order valence-electron chi connectivity index (χ4n) is 4.16. The lowest BCUT2D eigenvalue weighted by molar-refractivity contribution is 0.0569. The molecule has 1 aliphatic heterocycles. The van der Waals surface area contributed by atoms with Crippen molar-refractivity contribution in [3.63, 3.8) is 0 Å². The number of methoxy groups -OCH3 is 4. The van der Waals surface area contributed by atoms with Crippen molar-refractivity contribution >= 4 is 17.8 Å². The summed E-state index contributed by atoms with van der Waals surface area (Å²) in [7, 11) is 5.60. The zero-order valence-corrected chi connectivity index (χ0v) is 20.2. The molecule has 182 valence electrons. The molecule has 0 bridgehead atoms. The second-order valence-corrected chi connectivity index (χ2v) is 7.91. The second-order valence-electron chi connectivity index (χ2n) is 7.91. The normalized spacial score (nSPS) is 13.9. The first-order valence-corrected chi connectivity index (χ1v) is 10.9. The molecule has 0 saturated carbocycles. The number of carbonyl (C=O) groups excluding carboxylic acids is 3. The molecule has 1 heterocycles. The molecule has 0 N–H and O–H groups in total. The molecule has 0 spiro atoms. The van der Waals surface area contributed by atoms with E-state index in [1.54, 1.807) is 17.9 Å². The first-order chi connectivity index (χ1) is 16.3. The van der Waals surface area contributed by atoms with Gasteiger partial charge in [-0.2, -0.15) is 0 Å². The van der Waals surface area contributed by atoms with E-state index in [1.165, 1.54) is 34.5 Å². The third-order valence-electron chi connectivity index (χ3n) is 5.94. The summed E-state index contributed by atoms with van der Waals surface area (Å²) in [5.41, 5.74) is 2.42. The highest BCUT2D eigenvalue weighted by atomic mass is 16.5. The number of rotatable bonds is 7. The van der Waals surface area contributed by atoms with Gasteiger partial charge < -0.3 is 23.8 Å². The third kappa shape index (κ3) is 5.14. The van der Waals surface area contributed by atoms with Gasteiger partial charge in [0.25, 0.3) is 5.91 Å². The first-order valence-electron chi connectivity index (χ1n) is 10.9. The van der Waals surface area contributed by atoms with Crippen molar-refractivity contribution in [1.82, 2.24) is 9.80 Å². The van der Waals surface area contributed by atoms with E-state index < -0.39 is 5.97 Å². The molecule has 1 aliphatic rings. The Morgan fingerprint density at radius 1 is 0.882 bits per heavy atom. The molecule has 34 heavy (non-hydrogen) atoms. The van der Waals surface area contributed by atoms with Crippen molar-refractivity contribution in [2.75, 3.05) is 54.6 Å². The van der Waals surface area contributed by atoms with Gasteiger partial charge in [-0.3, -0.25) is 9.69 Å². The largest absolute Gasteiger partial charge is 0.493 e. The Hall–Kier alpha value is -3.59. The second kappa shape index (κ2) is 11.0. The summed E-state index contributed by atoms with van der Waals surface area (Å²) < 4.78 is 20.5. The van der Waals surface area contributed by atoms with Crippen LogP contribution in [-0.2, 0) is 16.0 Å². The number of hydrogen-bond donors (Lipinski definition) is 0. The summed E-state index contributed by atoms with van der Waals surface area (Å²) in [6.07, 6.45) is 0. The Labute approximate surface area is 199 Å². The molecule has 0 unspecified atom stereocenters. The maximum atomic E-state index is 13.5. The van der Waals surface area contributed by atoms with Crippen molar-refractivity contribution in [3.05, 3.63) is 58.1 Å². The average molecular weight is 471 g/mol. The van der Waals surface area contributed by atoms with Gasteiger partial charge in [0.15, 0.2) is 11.5 Å². The lowest BCUT2D eigenvalue weighted by Gasteiger charge is -2.35. The molecule has 9 nitrogen and oxygen atoms in total. The standard InChI is InChI=1S/C25H30N2O7/c1-16-21(19(25(30)34-5)14-20(31-2)22(16)32-3)23(28)27-11-9-26(10-12-27)15-17-7-6-8-18(13-17)24(29)33-4/h6-8,13-14H,9-12,15H2,1-5H3. The number of ether oxygens (including phenoxy) is 4. The number of amides is 1. The van der Waals surface area contributed by atoms with Crippen molar-refractivity contribution in [3.8, 4) is 11.5 Å². The van der Waals surface area contributed by atoms with Crippen LogP contribution in [0.3, 0.4) is 0 Å². The highest BCUT2D eigenvalue weighted by molar-refractivity contribution is 6.07. The van der Waals surface area contributed by atoms with Crippen LogP contribution in [0.5, 0.6) is 11.5 Å². The molecule has 0 radical (unpaired) electrons. The van der Waals surface area contributed by atoms with Crippen molar-refractivity contribution < 1.29 is 33.3 Å². The van der Waals surface area contributed by atoms with Gasteiger partial charge >= 0.3 is 11.9 Å². The zero-order valence-electron chi connectivity index (χ0n) is 20.2. The van der Waals surface area contributed by atoms with E-state index in [9.17, 15) is 14.4 Å². The molecule has 1 amide bonds. The van der Waals surface area contributed by atoms with Crippen LogP contribution in [0.2, 0.25) is 0 Å². The van der Waals surface area contributed by atoms with Crippen LogP contribution < -0.4 is 9.47 Å². The molecule has 2 aromatic carbocycles. The summed E-state index contributed by atoms with van der Waals surface area (Å²) in [5.74, 6) is -0.481. The first kappa shape index (κ1) is 25.0. The quantitative estimate of drug-likeness (QED) is 0.570. The highest BCUT2D eigenvalue weighted by Crippen LogP contribution is 2.36. The van der Waals surface area contributed by atoms with Crippen LogP contribution in [0.4, 0.5) is 0 Å². The van der Waals surface area contributed by atoms with Gasteiger partial charge in [0, 0.05) is 38.3 Å². The molecule has 1 saturated heterocycles. The summed E-state index contributed by atoms with van der Waals surface area (Å²) in [6.45, 7) is 4.65. The van der Waals surface area contributed by atoms with E-state index in [0.717, 1.165) is 5.56 Å². The van der Waals surface area contributed by atoms with Crippen LogP contribution in [0.15, 0.2) is 30.3 Å². The maximum absolute atomic E-state index is 13.5. The molecular weight excluding hydrogens is 440 g/mol. The van der Waals surface area contributed by atoms with Crippen LogP contribution in [0.25, 0.3) is 0 Å². The van der Waals surface area contributed by atoms with Gasteiger partial charge in [-0.1, -0.05) is 12.1 Å². The predicted molar refractivity (Wildman–Crippen MR) is 125 cm³/mol. The molecule has 1 fully saturated rings. The van der Waals surface area contributed by atoms with Crippen molar-refractivity contribution in [1.29, 1.82) is 0 Å². The Morgan fingerprint density at radius 2 is 1.56 bits per heavy atom. The summed E-state index contributed by atoms with van der Waals surface area (Å²) in [5, 5.41) is 0. The predicted octanol–water partition coefficient (Wildman–Crippen LogP) is 2.54. The Kier molecular flexibility index (Phi) is 8.12. The molecule has 3 rings (SSSR count). The van der Waals surface area contributed by atoms with E-state index >= 15 is 0 Å². The van der Waals surface area contributed by atoms with Gasteiger partial charge in [-0.05, 0) is 30.7 Å². The fraction of sp³-hybridized carbons (Fsp3) is 0.400. The molecule has 0 aromatic heterocycles. The lowest BCUT2D eigenvalue weighted by Crippen LogP contribution is -2.48. The van der Waals surface area contributed by atoms with E-state index in [2.05, 4.69) is 4.90 Å². The number of benzene rings is 2. The molecule has 0 aliphatic carbocycles. The monoisotopic (exact) mass is 470 g/mol. The minimum atomic E-state index is -0.614. The van der Waals surface area contributed by atoms with Gasteiger partial charge in [0.2, 0.25) is 0 Å². The lowest BCUT2D eigenvalue weighted by atomic mass is 9.98. The van der Waals surface area contributed by atoms with Gasteiger partial charge in [0.1, 0.15) is 0 Å². The zero-order chi connectivity index (χ0) is 24.8. The van der Waals surface area contributed by atoms with Crippen LogP contribution >= 0.6 is 0 Å². The summed E-state index contributed by atoms with van der Waals surface area (Å²) in [6, 6.07) is 8.81. The number of carbonyl (C=O) groups is 3. The average Bonchev–Trinajstić information content (AvgIpc) is 2.87. The Bertz CT molecular complexity index is 1080. The fourth-order valence-corrected chi connectivity index (χ4v) is 4.16. The summed E-state index contributed by atoms with van der Waals surface area (Å²) >= 11 is 0. The van der Waals surface area contributed by atoms with E-state index in [-0.39, 0.29) is 23.0 Å². The molecule has 2 aromatic rings. The van der Waals surface area contributed by atoms with Crippen LogP contribution in [-0.4, -0.2) is 82.3 Å². The summed E-state index contributed by atoms with van der Waals surface area (Å²) in [4.78, 5) is 41.7. The van der Waals surface area contributed by atoms with Gasteiger partial charge in [-0.15, -0.1) is 0 Å². The number of nitrogens with zero attached hydrogens (tertiary/aromatic N) is 2. The Morgan fingerprint density at radius 3 is 2.15 bits per heavy atom. The maximum Gasteiger partial charge on any atom is 0.338 e. The SMILES string of the molecule is COC(=O)c1cccc(CN2CCN(C(=O)c3c(C(=O)OC)cc(OC)c(OC)c3C)CC2)c1. The molecule has 9 heteroatoms. The number of piperazine rings is 1. The third-order valence-corrected chi connectivity index (χ3v) is 5.94. The van der Waals surface area contributed by atoms with Crippen molar-refractivity contribution in [2.24, 2.45) is 0 Å². The topological polar surface area (TPSA) is 94.6 Å². The van der Waals surface area contributed by atoms with Gasteiger partial charge in [0.05, 0.1) is 45.1 Å². The van der Waals surface area contributed by atoms with E-state index in [0.29, 0.717) is 55.3 Å². The minimum absolute atomic E-state index is 0.143. The number of esters is 2. The highest BCUT2D eigenvalue weighted by Gasteiger charge is 2.30. The van der Waals surface area contributed by atoms with Crippen molar-refractivity contribution in [2.45, 2.75) is 13.5 Å².